The molecule has 0 saturated carbocycles. The highest BCUT2D eigenvalue weighted by Gasteiger charge is 2.13. The van der Waals surface area contributed by atoms with E-state index >= 15 is 0 Å². The van der Waals surface area contributed by atoms with Crippen molar-refractivity contribution >= 4 is 7.92 Å². The van der Waals surface area contributed by atoms with Crippen LogP contribution in [0.15, 0.2) is 0 Å². The van der Waals surface area contributed by atoms with Gasteiger partial charge in [0.1, 0.15) is 0 Å². The second-order valence-corrected chi connectivity index (χ2v) is 6.23. The topological polar surface area (TPSA) is 60.7 Å². The van der Waals surface area contributed by atoms with Gasteiger partial charge in [0.2, 0.25) is 0 Å². The van der Waals surface area contributed by atoms with Gasteiger partial charge in [-0.05, 0) is 0 Å². The Hall–Kier alpha value is 0.310. The molecule has 13 heavy (non-hydrogen) atoms. The van der Waals surface area contributed by atoms with Crippen molar-refractivity contribution in [1.82, 2.24) is 0 Å². The fourth-order valence-corrected chi connectivity index (χ4v) is 4.09. The van der Waals surface area contributed by atoms with Gasteiger partial charge in [-0.2, -0.15) is 0 Å². The SMILES string of the molecule is OCCC[PH+](CCCO)CCCO. The predicted octanol–water partition coefficient (Wildman–Crippen LogP) is 0.348. The monoisotopic (exact) mass is 209 g/mol. The van der Waals surface area contributed by atoms with Crippen LogP contribution in [0.3, 0.4) is 0 Å². The van der Waals surface area contributed by atoms with Crippen LogP contribution in [0.5, 0.6) is 0 Å². The molecule has 0 atom stereocenters. The number of aliphatic hydroxyl groups is 3. The van der Waals surface area contributed by atoms with Gasteiger partial charge in [0.05, 0.1) is 18.5 Å². The van der Waals surface area contributed by atoms with Crippen LogP contribution < -0.4 is 0 Å². The Morgan fingerprint density at radius 3 is 1.15 bits per heavy atom. The maximum atomic E-state index is 8.68. The summed E-state index contributed by atoms with van der Waals surface area (Å²) in [6.45, 7) is 0.811. The minimum absolute atomic E-state index is 0.270. The number of hydrogen-bond acceptors (Lipinski definition) is 3. The molecule has 0 aromatic carbocycles. The molecular formula is C9H22O3P+. The molecule has 0 rings (SSSR count). The molecule has 0 aromatic heterocycles. The van der Waals surface area contributed by atoms with Gasteiger partial charge in [-0.25, -0.2) is 0 Å². The third kappa shape index (κ3) is 8.63. The minimum Gasteiger partial charge on any atom is -0.396 e. The van der Waals surface area contributed by atoms with E-state index in [4.69, 9.17) is 15.3 Å². The Labute approximate surface area is 81.5 Å². The van der Waals surface area contributed by atoms with Crippen molar-refractivity contribution in [2.75, 3.05) is 38.3 Å². The average molecular weight is 209 g/mol. The van der Waals surface area contributed by atoms with Crippen molar-refractivity contribution in [3.05, 3.63) is 0 Å². The summed E-state index contributed by atoms with van der Waals surface area (Å²) in [4.78, 5) is 0. The highest BCUT2D eigenvalue weighted by molar-refractivity contribution is 7.57. The second kappa shape index (κ2) is 10.4. The van der Waals surface area contributed by atoms with Crippen LogP contribution in [0.1, 0.15) is 19.3 Å². The third-order valence-electron chi connectivity index (χ3n) is 2.07. The first-order valence-electron chi connectivity index (χ1n) is 5.01. The van der Waals surface area contributed by atoms with Gasteiger partial charge in [0.25, 0.3) is 0 Å². The molecule has 3 N–H and O–H groups in total. The van der Waals surface area contributed by atoms with Gasteiger partial charge >= 0.3 is 0 Å². The first-order chi connectivity index (χ1) is 6.35. The zero-order chi connectivity index (χ0) is 9.94. The van der Waals surface area contributed by atoms with Crippen molar-refractivity contribution in [3.8, 4) is 0 Å². The van der Waals surface area contributed by atoms with E-state index in [0.29, 0.717) is 0 Å². The Balaban J connectivity index is 3.47. The van der Waals surface area contributed by atoms with Crippen LogP contribution in [0.25, 0.3) is 0 Å². The molecule has 80 valence electrons. The first kappa shape index (κ1) is 13.3. The van der Waals surface area contributed by atoms with Crippen LogP contribution in [0, 0.1) is 0 Å². The predicted molar refractivity (Wildman–Crippen MR) is 58.0 cm³/mol. The molecule has 0 amide bonds. The number of aliphatic hydroxyl groups excluding tert-OH is 3. The molecule has 0 aliphatic carbocycles. The van der Waals surface area contributed by atoms with E-state index in [-0.39, 0.29) is 19.8 Å². The van der Waals surface area contributed by atoms with Crippen molar-refractivity contribution in [2.24, 2.45) is 0 Å². The largest absolute Gasteiger partial charge is 0.396 e. The van der Waals surface area contributed by atoms with E-state index in [1.54, 1.807) is 0 Å². The fraction of sp³-hybridized carbons (Fsp3) is 1.00. The quantitative estimate of drug-likeness (QED) is 0.480. The lowest BCUT2D eigenvalue weighted by Gasteiger charge is -2.08. The second-order valence-electron chi connectivity index (χ2n) is 3.23. The minimum atomic E-state index is -0.413. The van der Waals surface area contributed by atoms with Crippen molar-refractivity contribution in [1.29, 1.82) is 0 Å². The Kier molecular flexibility index (Phi) is 10.6. The highest BCUT2D eigenvalue weighted by atomic mass is 31.1. The smallest absolute Gasteiger partial charge is 0.0593 e. The molecule has 0 spiro atoms. The highest BCUT2D eigenvalue weighted by Crippen LogP contribution is 2.37. The van der Waals surface area contributed by atoms with E-state index < -0.39 is 7.92 Å². The lowest BCUT2D eigenvalue weighted by atomic mass is 10.5. The van der Waals surface area contributed by atoms with E-state index in [0.717, 1.165) is 37.7 Å². The summed E-state index contributed by atoms with van der Waals surface area (Å²) >= 11 is 0. The third-order valence-corrected chi connectivity index (χ3v) is 5.25. The maximum Gasteiger partial charge on any atom is 0.0593 e. The number of rotatable bonds is 9. The van der Waals surface area contributed by atoms with Crippen molar-refractivity contribution < 1.29 is 15.3 Å². The molecule has 0 aliphatic rings. The van der Waals surface area contributed by atoms with Gasteiger partial charge in [-0.3, -0.25) is 0 Å². The fourth-order valence-electron chi connectivity index (χ4n) is 1.36. The average Bonchev–Trinajstić information content (AvgIpc) is 2.17. The zero-order valence-corrected chi connectivity index (χ0v) is 9.21. The Morgan fingerprint density at radius 1 is 0.615 bits per heavy atom. The first-order valence-corrected chi connectivity index (χ1v) is 7.13. The van der Waals surface area contributed by atoms with Gasteiger partial charge < -0.3 is 15.3 Å². The van der Waals surface area contributed by atoms with E-state index in [2.05, 4.69) is 0 Å². The van der Waals surface area contributed by atoms with Crippen molar-refractivity contribution in [2.45, 2.75) is 19.3 Å². The Morgan fingerprint density at radius 2 is 0.923 bits per heavy atom. The molecule has 4 heteroatoms. The van der Waals surface area contributed by atoms with Gasteiger partial charge in [0, 0.05) is 47.0 Å². The van der Waals surface area contributed by atoms with E-state index in [9.17, 15) is 0 Å². The molecular weight excluding hydrogens is 187 g/mol. The van der Waals surface area contributed by atoms with Crippen LogP contribution >= 0.6 is 7.92 Å². The molecule has 0 unspecified atom stereocenters. The van der Waals surface area contributed by atoms with Gasteiger partial charge in [-0.15, -0.1) is 0 Å². The lowest BCUT2D eigenvalue weighted by Crippen LogP contribution is -2.00. The molecule has 0 aliphatic heterocycles. The molecule has 3 nitrogen and oxygen atoms in total. The summed E-state index contributed by atoms with van der Waals surface area (Å²) in [6, 6.07) is 0. The van der Waals surface area contributed by atoms with Crippen LogP contribution in [-0.4, -0.2) is 53.6 Å². The molecule has 0 fully saturated rings. The molecule has 0 heterocycles. The van der Waals surface area contributed by atoms with Crippen LogP contribution in [0.4, 0.5) is 0 Å². The van der Waals surface area contributed by atoms with E-state index in [1.807, 2.05) is 0 Å². The maximum absolute atomic E-state index is 8.68. The summed E-state index contributed by atoms with van der Waals surface area (Å²) in [6.07, 6.45) is 5.98. The summed E-state index contributed by atoms with van der Waals surface area (Å²) in [5, 5.41) is 26.1. The van der Waals surface area contributed by atoms with Gasteiger partial charge in [-0.1, -0.05) is 0 Å². The summed E-state index contributed by atoms with van der Waals surface area (Å²) in [7, 11) is -0.413. The number of hydrogen-bond donors (Lipinski definition) is 3. The zero-order valence-electron chi connectivity index (χ0n) is 8.21. The van der Waals surface area contributed by atoms with E-state index in [1.165, 1.54) is 0 Å². The Bertz CT molecular complexity index is 81.8. The lowest BCUT2D eigenvalue weighted by molar-refractivity contribution is 0.292. The summed E-state index contributed by atoms with van der Waals surface area (Å²) < 4.78 is 0. The van der Waals surface area contributed by atoms with Crippen molar-refractivity contribution in [3.63, 3.8) is 0 Å². The summed E-state index contributed by atoms with van der Waals surface area (Å²) in [5.74, 6) is 0. The van der Waals surface area contributed by atoms with Crippen LogP contribution in [0.2, 0.25) is 0 Å². The molecule has 0 radical (unpaired) electrons. The summed E-state index contributed by atoms with van der Waals surface area (Å²) in [5.41, 5.74) is 0. The standard InChI is InChI=1S/C9H21O3P/c10-4-1-7-13(8-2-5-11)9-3-6-12/h10-12H,1-9H2/p+1. The van der Waals surface area contributed by atoms with Crippen LogP contribution in [-0.2, 0) is 0 Å². The molecule has 0 aromatic rings. The molecule has 0 saturated heterocycles. The normalized spacial score (nSPS) is 11.1. The van der Waals surface area contributed by atoms with Gasteiger partial charge in [0.15, 0.2) is 0 Å². The molecule has 0 bridgehead atoms.